The van der Waals surface area contributed by atoms with Gasteiger partial charge in [0.25, 0.3) is 0 Å². The summed E-state index contributed by atoms with van der Waals surface area (Å²) in [4.78, 5) is 10.1. The van der Waals surface area contributed by atoms with E-state index in [1.54, 1.807) is 0 Å². The van der Waals surface area contributed by atoms with E-state index in [-0.39, 0.29) is 0 Å². The predicted octanol–water partition coefficient (Wildman–Crippen LogP) is 2.91. The standard InChI is InChI=1S/C12H10.C4H6O5S/c1-3-7-11(8-4-1)12-9-5-2-6-10-12;1-2-4(5)9-3-10(6,7)8/h1-10H;2H,1,3H2,(H,6,7,8). The van der Waals surface area contributed by atoms with Gasteiger partial charge in [0.2, 0.25) is 5.94 Å². The van der Waals surface area contributed by atoms with Crippen LogP contribution in [-0.2, 0) is 19.6 Å². The van der Waals surface area contributed by atoms with Crippen molar-refractivity contribution in [2.24, 2.45) is 0 Å². The molecule has 0 saturated carbocycles. The zero-order valence-electron chi connectivity index (χ0n) is 11.8. The summed E-state index contributed by atoms with van der Waals surface area (Å²) in [5.74, 6) is -1.92. The predicted molar refractivity (Wildman–Crippen MR) is 84.6 cm³/mol. The molecule has 1 N–H and O–H groups in total. The van der Waals surface area contributed by atoms with E-state index in [9.17, 15) is 13.2 Å². The van der Waals surface area contributed by atoms with Crippen LogP contribution in [0.25, 0.3) is 11.1 Å². The van der Waals surface area contributed by atoms with Crippen LogP contribution in [0.15, 0.2) is 73.3 Å². The van der Waals surface area contributed by atoms with Crippen molar-refractivity contribution in [3.63, 3.8) is 0 Å². The van der Waals surface area contributed by atoms with Gasteiger partial charge >= 0.3 is 16.1 Å². The molecule has 2 aromatic rings. The summed E-state index contributed by atoms with van der Waals surface area (Å²) in [7, 11) is -4.22. The number of esters is 1. The third-order valence-corrected chi connectivity index (χ3v) is 2.81. The van der Waals surface area contributed by atoms with Gasteiger partial charge in [-0.1, -0.05) is 67.2 Å². The molecule has 2 rings (SSSR count). The van der Waals surface area contributed by atoms with Crippen molar-refractivity contribution in [3.05, 3.63) is 73.3 Å². The first kappa shape index (κ1) is 17.6. The third-order valence-electron chi connectivity index (χ3n) is 2.40. The van der Waals surface area contributed by atoms with Gasteiger partial charge in [0, 0.05) is 6.08 Å². The van der Waals surface area contributed by atoms with Gasteiger partial charge in [0.15, 0.2) is 0 Å². The molecule has 6 heteroatoms. The number of carbonyl (C=O) groups excluding carboxylic acids is 1. The molecule has 0 saturated heterocycles. The second-order valence-electron chi connectivity index (χ2n) is 4.10. The molecule has 0 radical (unpaired) electrons. The van der Waals surface area contributed by atoms with E-state index in [0.717, 1.165) is 6.08 Å². The lowest BCUT2D eigenvalue weighted by atomic mass is 10.1. The van der Waals surface area contributed by atoms with Crippen molar-refractivity contribution >= 4 is 16.1 Å². The molecule has 0 fully saturated rings. The van der Waals surface area contributed by atoms with Crippen molar-refractivity contribution in [1.82, 2.24) is 0 Å². The summed E-state index contributed by atoms with van der Waals surface area (Å²) in [6.45, 7) is 3.01. The Morgan fingerprint density at radius 3 is 1.73 bits per heavy atom. The average molecular weight is 320 g/mol. The molecule has 0 aliphatic rings. The number of ether oxygens (including phenoxy) is 1. The van der Waals surface area contributed by atoms with Crippen LogP contribution in [0.1, 0.15) is 0 Å². The minimum Gasteiger partial charge on any atom is -0.444 e. The molecule has 22 heavy (non-hydrogen) atoms. The second-order valence-corrected chi connectivity index (χ2v) is 5.50. The molecule has 0 spiro atoms. The van der Waals surface area contributed by atoms with Crippen LogP contribution in [0.2, 0.25) is 0 Å². The number of carbonyl (C=O) groups is 1. The highest BCUT2D eigenvalue weighted by molar-refractivity contribution is 7.85. The maximum absolute atomic E-state index is 10.1. The van der Waals surface area contributed by atoms with E-state index in [2.05, 4.69) is 59.8 Å². The number of benzene rings is 2. The molecular weight excluding hydrogens is 304 g/mol. The van der Waals surface area contributed by atoms with Crippen LogP contribution >= 0.6 is 0 Å². The van der Waals surface area contributed by atoms with E-state index in [4.69, 9.17) is 4.55 Å². The maximum atomic E-state index is 10.1. The van der Waals surface area contributed by atoms with Crippen molar-refractivity contribution in [1.29, 1.82) is 0 Å². The van der Waals surface area contributed by atoms with E-state index >= 15 is 0 Å². The van der Waals surface area contributed by atoms with Crippen LogP contribution in [0, 0.1) is 0 Å². The van der Waals surface area contributed by atoms with Crippen LogP contribution in [0.5, 0.6) is 0 Å². The highest BCUT2D eigenvalue weighted by Crippen LogP contribution is 2.17. The van der Waals surface area contributed by atoms with E-state index in [1.807, 2.05) is 12.1 Å². The van der Waals surface area contributed by atoms with Gasteiger partial charge in [-0.05, 0) is 11.1 Å². The first-order valence-electron chi connectivity index (χ1n) is 6.27. The van der Waals surface area contributed by atoms with Gasteiger partial charge in [0.1, 0.15) is 0 Å². The molecule has 0 aliphatic carbocycles. The Hall–Kier alpha value is -2.44. The summed E-state index contributed by atoms with van der Waals surface area (Å²) >= 11 is 0. The quantitative estimate of drug-likeness (QED) is 0.532. The minimum atomic E-state index is -4.22. The molecule has 0 atom stereocenters. The van der Waals surface area contributed by atoms with E-state index in [1.165, 1.54) is 11.1 Å². The van der Waals surface area contributed by atoms with Crippen molar-refractivity contribution in [2.75, 3.05) is 5.94 Å². The summed E-state index contributed by atoms with van der Waals surface area (Å²) in [6.07, 6.45) is 0.797. The lowest BCUT2D eigenvalue weighted by Crippen LogP contribution is -2.11. The van der Waals surface area contributed by atoms with Crippen LogP contribution in [0.3, 0.4) is 0 Å². The molecule has 0 aromatic heterocycles. The van der Waals surface area contributed by atoms with Crippen molar-refractivity contribution < 1.29 is 22.5 Å². The van der Waals surface area contributed by atoms with Gasteiger partial charge in [0.05, 0.1) is 0 Å². The second kappa shape index (κ2) is 8.76. The normalized spacial score (nSPS) is 10.0. The van der Waals surface area contributed by atoms with Gasteiger partial charge < -0.3 is 4.74 Å². The third kappa shape index (κ3) is 7.37. The summed E-state index contributed by atoms with van der Waals surface area (Å²) in [6, 6.07) is 20.8. The molecular formula is C16H16O5S. The SMILES string of the molecule is C=CC(=O)OCS(=O)(=O)O.c1ccc(-c2ccccc2)cc1. The number of rotatable bonds is 4. The van der Waals surface area contributed by atoms with Gasteiger partial charge in [-0.15, -0.1) is 0 Å². The van der Waals surface area contributed by atoms with Crippen molar-refractivity contribution in [2.45, 2.75) is 0 Å². The highest BCUT2D eigenvalue weighted by Gasteiger charge is 2.06. The Bertz CT molecular complexity index is 656. The Kier molecular flexibility index (Phi) is 7.01. The highest BCUT2D eigenvalue weighted by atomic mass is 32.2. The molecule has 5 nitrogen and oxygen atoms in total. The fraction of sp³-hybridized carbons (Fsp3) is 0.0625. The first-order chi connectivity index (χ1) is 10.4. The fourth-order valence-corrected chi connectivity index (χ4v) is 1.72. The van der Waals surface area contributed by atoms with Crippen LogP contribution in [-0.4, -0.2) is 24.9 Å². The summed E-state index contributed by atoms with van der Waals surface area (Å²) < 4.78 is 31.8. The number of hydrogen-bond donors (Lipinski definition) is 1. The monoisotopic (exact) mass is 320 g/mol. The summed E-state index contributed by atoms with van der Waals surface area (Å²) in [5, 5.41) is 0. The molecule has 0 aliphatic heterocycles. The van der Waals surface area contributed by atoms with Gasteiger partial charge in [-0.2, -0.15) is 8.42 Å². The van der Waals surface area contributed by atoms with Gasteiger partial charge in [-0.3, -0.25) is 4.55 Å². The first-order valence-corrected chi connectivity index (χ1v) is 7.88. The Labute approximate surface area is 129 Å². The Morgan fingerprint density at radius 1 is 1.00 bits per heavy atom. The van der Waals surface area contributed by atoms with Crippen molar-refractivity contribution in [3.8, 4) is 11.1 Å². The molecule has 0 unspecified atom stereocenters. The molecule has 0 bridgehead atoms. The smallest absolute Gasteiger partial charge is 0.331 e. The van der Waals surface area contributed by atoms with Crippen LogP contribution < -0.4 is 0 Å². The van der Waals surface area contributed by atoms with E-state index < -0.39 is 22.0 Å². The largest absolute Gasteiger partial charge is 0.444 e. The zero-order chi connectivity index (χ0) is 16.4. The fourth-order valence-electron chi connectivity index (χ4n) is 1.45. The Morgan fingerprint density at radius 2 is 1.41 bits per heavy atom. The van der Waals surface area contributed by atoms with E-state index in [0.29, 0.717) is 0 Å². The lowest BCUT2D eigenvalue weighted by molar-refractivity contribution is -0.135. The molecule has 0 heterocycles. The summed E-state index contributed by atoms with van der Waals surface area (Å²) in [5.41, 5.74) is 2.55. The average Bonchev–Trinajstić information content (AvgIpc) is 2.54. The number of hydrogen-bond acceptors (Lipinski definition) is 4. The Balaban J connectivity index is 0.000000225. The molecule has 116 valence electrons. The lowest BCUT2D eigenvalue weighted by Gasteiger charge is -1.98. The minimum absolute atomic E-state index is 0.797. The zero-order valence-corrected chi connectivity index (χ0v) is 12.6. The maximum Gasteiger partial charge on any atom is 0.331 e. The molecule has 0 amide bonds. The van der Waals surface area contributed by atoms with Crippen LogP contribution in [0.4, 0.5) is 0 Å². The molecule has 2 aromatic carbocycles. The topological polar surface area (TPSA) is 80.7 Å². The van der Waals surface area contributed by atoms with Gasteiger partial charge in [-0.25, -0.2) is 4.79 Å².